The first kappa shape index (κ1) is 15.4. The normalized spacial score (nSPS) is 48.6. The van der Waals surface area contributed by atoms with Gasteiger partial charge in [0.15, 0.2) is 0 Å². The minimum Gasteiger partial charge on any atom is -0.0654 e. The summed E-state index contributed by atoms with van der Waals surface area (Å²) in [6.45, 7) is 15.0. The van der Waals surface area contributed by atoms with E-state index in [9.17, 15) is 0 Å². The van der Waals surface area contributed by atoms with Crippen LogP contribution in [0.1, 0.15) is 73.6 Å². The molecule has 0 heteroatoms. The molecule has 19 heavy (non-hydrogen) atoms. The molecule has 112 valence electrons. The minimum atomic E-state index is 0.933. The highest BCUT2D eigenvalue weighted by atomic mass is 14.5. The minimum absolute atomic E-state index is 0.933. The van der Waals surface area contributed by atoms with Crippen LogP contribution in [0.4, 0.5) is 0 Å². The van der Waals surface area contributed by atoms with Gasteiger partial charge in [-0.15, -0.1) is 0 Å². The van der Waals surface area contributed by atoms with Crippen LogP contribution >= 0.6 is 0 Å². The summed E-state index contributed by atoms with van der Waals surface area (Å²) in [5.74, 6) is 7.82. The summed E-state index contributed by atoms with van der Waals surface area (Å²) in [5.41, 5.74) is 0. The second-order valence-electron chi connectivity index (χ2n) is 8.16. The predicted molar refractivity (Wildman–Crippen MR) is 85.0 cm³/mol. The van der Waals surface area contributed by atoms with Crippen LogP contribution in [0.3, 0.4) is 0 Å². The van der Waals surface area contributed by atoms with Crippen molar-refractivity contribution in [2.45, 2.75) is 73.6 Å². The second kappa shape index (κ2) is 6.19. The number of hydrogen-bond acceptors (Lipinski definition) is 0. The number of fused-ring (bicyclic) bond motifs is 1. The van der Waals surface area contributed by atoms with Gasteiger partial charge in [-0.2, -0.15) is 0 Å². The van der Waals surface area contributed by atoms with E-state index in [-0.39, 0.29) is 0 Å². The molecule has 8 unspecified atom stereocenters. The first-order chi connectivity index (χ1) is 8.97. The maximum atomic E-state index is 2.57. The fourth-order valence-electron chi connectivity index (χ4n) is 5.57. The van der Waals surface area contributed by atoms with Crippen LogP contribution in [-0.4, -0.2) is 0 Å². The summed E-state index contributed by atoms with van der Waals surface area (Å²) in [4.78, 5) is 0. The molecule has 2 aliphatic rings. The van der Waals surface area contributed by atoms with Crippen molar-refractivity contribution in [2.75, 3.05) is 0 Å². The molecule has 0 N–H and O–H groups in total. The molecule has 2 fully saturated rings. The van der Waals surface area contributed by atoms with Crippen LogP contribution in [0.25, 0.3) is 0 Å². The highest BCUT2D eigenvalue weighted by Gasteiger charge is 2.47. The Morgan fingerprint density at radius 3 is 2.26 bits per heavy atom. The Morgan fingerprint density at radius 2 is 1.63 bits per heavy atom. The standard InChI is InChI=1S/C19H36/c1-7-8-12(2)17-10-9-13(3)18-11-14(4)15(5)16(6)19(17)18/h12-19H,7-11H2,1-6H3. The largest absolute Gasteiger partial charge is 0.0654 e. The summed E-state index contributed by atoms with van der Waals surface area (Å²) in [5, 5.41) is 0. The summed E-state index contributed by atoms with van der Waals surface area (Å²) >= 11 is 0. The molecule has 2 saturated carbocycles. The molecular formula is C19H36. The van der Waals surface area contributed by atoms with Crippen LogP contribution in [0, 0.1) is 47.3 Å². The van der Waals surface area contributed by atoms with Crippen LogP contribution < -0.4 is 0 Å². The topological polar surface area (TPSA) is 0 Å². The van der Waals surface area contributed by atoms with Gasteiger partial charge in [-0.3, -0.25) is 0 Å². The zero-order valence-electron chi connectivity index (χ0n) is 14.2. The van der Waals surface area contributed by atoms with Gasteiger partial charge in [-0.05, 0) is 60.2 Å². The molecular weight excluding hydrogens is 228 g/mol. The third kappa shape index (κ3) is 2.88. The average Bonchev–Trinajstić information content (AvgIpc) is 2.37. The Balaban J connectivity index is 2.19. The van der Waals surface area contributed by atoms with Crippen molar-refractivity contribution in [2.24, 2.45) is 47.3 Å². The van der Waals surface area contributed by atoms with Crippen molar-refractivity contribution in [1.82, 2.24) is 0 Å². The van der Waals surface area contributed by atoms with Crippen LogP contribution in [-0.2, 0) is 0 Å². The third-order valence-corrected chi connectivity index (χ3v) is 7.13. The third-order valence-electron chi connectivity index (χ3n) is 7.13. The fourth-order valence-corrected chi connectivity index (χ4v) is 5.57. The zero-order chi connectivity index (χ0) is 14.2. The van der Waals surface area contributed by atoms with E-state index >= 15 is 0 Å². The van der Waals surface area contributed by atoms with E-state index in [4.69, 9.17) is 0 Å². The van der Waals surface area contributed by atoms with Gasteiger partial charge in [0, 0.05) is 0 Å². The van der Waals surface area contributed by atoms with Crippen molar-refractivity contribution >= 4 is 0 Å². The summed E-state index contributed by atoms with van der Waals surface area (Å²) in [7, 11) is 0. The fraction of sp³-hybridized carbons (Fsp3) is 1.00. The first-order valence-electron chi connectivity index (χ1n) is 8.97. The van der Waals surface area contributed by atoms with Crippen molar-refractivity contribution in [3.63, 3.8) is 0 Å². The van der Waals surface area contributed by atoms with Gasteiger partial charge >= 0.3 is 0 Å². The summed E-state index contributed by atoms with van der Waals surface area (Å²) in [6, 6.07) is 0. The Morgan fingerprint density at radius 1 is 0.947 bits per heavy atom. The molecule has 2 aliphatic carbocycles. The summed E-state index contributed by atoms with van der Waals surface area (Å²) < 4.78 is 0. The second-order valence-corrected chi connectivity index (χ2v) is 8.16. The predicted octanol–water partition coefficient (Wildman–Crippen LogP) is 6.01. The lowest BCUT2D eigenvalue weighted by molar-refractivity contribution is -0.0498. The van der Waals surface area contributed by atoms with Gasteiger partial charge in [0.2, 0.25) is 0 Å². The monoisotopic (exact) mass is 264 g/mol. The SMILES string of the molecule is CCCC(C)C1CCC(C)C2CC(C)C(C)C(C)C12. The molecule has 8 atom stereocenters. The highest BCUT2D eigenvalue weighted by molar-refractivity contribution is 4.96. The lowest BCUT2D eigenvalue weighted by Gasteiger charge is -2.54. The van der Waals surface area contributed by atoms with Gasteiger partial charge in [-0.25, -0.2) is 0 Å². The van der Waals surface area contributed by atoms with Crippen LogP contribution in [0.2, 0.25) is 0 Å². The van der Waals surface area contributed by atoms with Gasteiger partial charge in [0.05, 0.1) is 0 Å². The maximum Gasteiger partial charge on any atom is -0.0324 e. The Labute approximate surface area is 121 Å². The van der Waals surface area contributed by atoms with Gasteiger partial charge in [-0.1, -0.05) is 60.8 Å². The van der Waals surface area contributed by atoms with Crippen molar-refractivity contribution < 1.29 is 0 Å². The van der Waals surface area contributed by atoms with E-state index in [1.54, 1.807) is 0 Å². The molecule has 2 rings (SSSR count). The molecule has 0 radical (unpaired) electrons. The molecule has 0 saturated heterocycles. The van der Waals surface area contributed by atoms with Crippen LogP contribution in [0.5, 0.6) is 0 Å². The number of hydrogen-bond donors (Lipinski definition) is 0. The molecule has 0 nitrogen and oxygen atoms in total. The maximum absolute atomic E-state index is 2.57. The van der Waals surface area contributed by atoms with Crippen molar-refractivity contribution in [3.8, 4) is 0 Å². The summed E-state index contributed by atoms with van der Waals surface area (Å²) in [6.07, 6.45) is 7.32. The highest BCUT2D eigenvalue weighted by Crippen LogP contribution is 2.54. The molecule has 0 aromatic carbocycles. The lowest BCUT2D eigenvalue weighted by Crippen LogP contribution is -2.47. The van der Waals surface area contributed by atoms with Crippen molar-refractivity contribution in [3.05, 3.63) is 0 Å². The Kier molecular flexibility index (Phi) is 5.01. The van der Waals surface area contributed by atoms with E-state index < -0.39 is 0 Å². The molecule has 0 heterocycles. The molecule has 0 aromatic rings. The molecule has 0 aliphatic heterocycles. The lowest BCUT2D eigenvalue weighted by atomic mass is 9.51. The average molecular weight is 264 g/mol. The van der Waals surface area contributed by atoms with Gasteiger partial charge in [0.1, 0.15) is 0 Å². The Bertz CT molecular complexity index is 282. The quantitative estimate of drug-likeness (QED) is 0.585. The van der Waals surface area contributed by atoms with E-state index in [2.05, 4.69) is 41.5 Å². The van der Waals surface area contributed by atoms with Gasteiger partial charge in [0.25, 0.3) is 0 Å². The van der Waals surface area contributed by atoms with Crippen molar-refractivity contribution in [1.29, 1.82) is 0 Å². The molecule has 0 bridgehead atoms. The first-order valence-corrected chi connectivity index (χ1v) is 8.97. The Hall–Kier alpha value is 0. The molecule has 0 amide bonds. The number of rotatable bonds is 3. The van der Waals surface area contributed by atoms with Crippen LogP contribution in [0.15, 0.2) is 0 Å². The van der Waals surface area contributed by atoms with E-state index in [0.717, 1.165) is 47.3 Å². The van der Waals surface area contributed by atoms with Gasteiger partial charge < -0.3 is 0 Å². The molecule has 0 spiro atoms. The van der Waals surface area contributed by atoms with E-state index in [0.29, 0.717) is 0 Å². The smallest absolute Gasteiger partial charge is 0.0324 e. The molecule has 0 aromatic heterocycles. The van der Waals surface area contributed by atoms with E-state index in [1.165, 1.54) is 32.1 Å². The van der Waals surface area contributed by atoms with E-state index in [1.807, 2.05) is 0 Å². The zero-order valence-corrected chi connectivity index (χ0v) is 14.2.